The lowest BCUT2D eigenvalue weighted by Gasteiger charge is -2.34. The number of benzene rings is 2. The van der Waals surface area contributed by atoms with E-state index in [4.69, 9.17) is 11.6 Å². The summed E-state index contributed by atoms with van der Waals surface area (Å²) in [6, 6.07) is 11.2. The molecule has 2 aliphatic heterocycles. The second kappa shape index (κ2) is 15.3. The summed E-state index contributed by atoms with van der Waals surface area (Å²) in [4.78, 5) is 48.4. The zero-order valence-electron chi connectivity index (χ0n) is 24.6. The van der Waals surface area contributed by atoms with E-state index in [9.17, 15) is 37.4 Å². The monoisotopic (exact) mass is 701 g/mol. The van der Waals surface area contributed by atoms with Gasteiger partial charge in [0.15, 0.2) is 0 Å². The predicted molar refractivity (Wildman–Crippen MR) is 172 cm³/mol. The number of carbonyl (C=O) groups is 3. The van der Waals surface area contributed by atoms with E-state index in [-0.39, 0.29) is 48.0 Å². The van der Waals surface area contributed by atoms with Gasteiger partial charge in [-0.15, -0.1) is 0 Å². The maximum absolute atomic E-state index is 13.0. The minimum absolute atomic E-state index is 0.0418. The van der Waals surface area contributed by atoms with Gasteiger partial charge in [-0.3, -0.25) is 14.2 Å². The largest absolute Gasteiger partial charge is 0.480 e. The third kappa shape index (κ3) is 9.67. The fourth-order valence-corrected chi connectivity index (χ4v) is 9.19. The van der Waals surface area contributed by atoms with Gasteiger partial charge < -0.3 is 25.5 Å². The molecule has 0 saturated carbocycles. The number of aliphatic carboxylic acids is 1. The normalized spacial score (nSPS) is 19.8. The summed E-state index contributed by atoms with van der Waals surface area (Å²) in [5.74, 6) is -1.99. The summed E-state index contributed by atoms with van der Waals surface area (Å²) >= 11 is 7.67. The predicted octanol–water partition coefficient (Wildman–Crippen LogP) is 3.14. The Bertz CT molecular complexity index is 1570. The Morgan fingerprint density at radius 3 is 2.62 bits per heavy atom. The maximum atomic E-state index is 13.0. The number of hydrogen-bond donors (Lipinski definition) is 5. The Morgan fingerprint density at radius 1 is 1.18 bits per heavy atom. The highest BCUT2D eigenvalue weighted by Crippen LogP contribution is 2.42. The summed E-state index contributed by atoms with van der Waals surface area (Å²) < 4.78 is 42.9. The third-order valence-electron chi connectivity index (χ3n) is 7.51. The molecule has 2 heterocycles. The second-order valence-corrected chi connectivity index (χ2v) is 16.8. The number of likely N-dealkylation sites (tertiary alicyclic amines) is 1. The van der Waals surface area contributed by atoms with E-state index < -0.39 is 47.6 Å². The number of rotatable bonds is 14. The maximum Gasteiger partial charge on any atom is 0.326 e. The van der Waals surface area contributed by atoms with Crippen molar-refractivity contribution >= 4 is 64.4 Å². The number of fused-ring (bicyclic) bond motifs is 1. The highest BCUT2D eigenvalue weighted by molar-refractivity contribution is 7.97. The number of anilines is 1. The molecule has 17 heteroatoms. The molecule has 0 aromatic heterocycles. The van der Waals surface area contributed by atoms with Gasteiger partial charge in [-0.1, -0.05) is 41.9 Å². The molecule has 0 aliphatic carbocycles. The molecular weight excluding hydrogens is 665 g/mol. The van der Waals surface area contributed by atoms with Gasteiger partial charge >= 0.3 is 5.97 Å². The fourth-order valence-electron chi connectivity index (χ4n) is 5.11. The number of sulfonamides is 1. The number of carbonyl (C=O) groups excluding carboxylic acids is 2. The van der Waals surface area contributed by atoms with E-state index in [1.54, 1.807) is 11.4 Å². The average Bonchev–Trinajstić information content (AvgIpc) is 3.48. The van der Waals surface area contributed by atoms with E-state index in [0.717, 1.165) is 10.5 Å². The van der Waals surface area contributed by atoms with Crippen LogP contribution in [-0.4, -0.2) is 90.1 Å². The van der Waals surface area contributed by atoms with Crippen molar-refractivity contribution < 1.29 is 37.4 Å². The summed E-state index contributed by atoms with van der Waals surface area (Å²) in [5, 5.41) is 15.3. The van der Waals surface area contributed by atoms with Gasteiger partial charge in [0.2, 0.25) is 29.2 Å². The first-order valence-electron chi connectivity index (χ1n) is 14.4. The lowest BCUT2D eigenvalue weighted by atomic mass is 10.2. The van der Waals surface area contributed by atoms with Crippen molar-refractivity contribution in [2.75, 3.05) is 37.8 Å². The molecule has 0 spiro atoms. The van der Waals surface area contributed by atoms with Crippen LogP contribution in [0, 0.1) is 0 Å². The molecule has 0 bridgehead atoms. The molecule has 4 rings (SSSR count). The van der Waals surface area contributed by atoms with Crippen LogP contribution in [0.4, 0.5) is 5.69 Å². The van der Waals surface area contributed by atoms with Gasteiger partial charge in [-0.05, 0) is 62.4 Å². The lowest BCUT2D eigenvalue weighted by molar-refractivity contribution is -0.147. The van der Waals surface area contributed by atoms with Gasteiger partial charge in [0.25, 0.3) is 0 Å². The van der Waals surface area contributed by atoms with Crippen molar-refractivity contribution in [3.63, 3.8) is 0 Å². The molecule has 5 N–H and O–H groups in total. The first-order valence-corrected chi connectivity index (χ1v) is 19.1. The minimum atomic E-state index is -3.89. The van der Waals surface area contributed by atoms with Crippen LogP contribution in [0.1, 0.15) is 37.7 Å². The molecule has 2 aromatic carbocycles. The van der Waals surface area contributed by atoms with Crippen molar-refractivity contribution in [1.82, 2.24) is 19.2 Å². The van der Waals surface area contributed by atoms with Crippen molar-refractivity contribution in [1.29, 1.82) is 0 Å². The first-order chi connectivity index (χ1) is 21.3. The van der Waals surface area contributed by atoms with E-state index in [1.807, 2.05) is 30.3 Å². The van der Waals surface area contributed by atoms with Crippen LogP contribution < -0.4 is 15.4 Å². The molecule has 45 heavy (non-hydrogen) atoms. The van der Waals surface area contributed by atoms with Crippen LogP contribution in [0.2, 0.25) is 5.02 Å². The van der Waals surface area contributed by atoms with Gasteiger partial charge in [0, 0.05) is 30.7 Å². The Balaban J connectivity index is 1.22. The lowest BCUT2D eigenvalue weighted by Crippen LogP contribution is -2.41. The quantitative estimate of drug-likeness (QED) is 0.111. The SMILES string of the molecule is CN1Sc2cc(S(=O)(=O)NCc3ccccc3)c(Cl)cc2NC1CC(=O)NCCCCP(=O)(O)CC(=O)N1CCC[C@H]1C(=O)O. The van der Waals surface area contributed by atoms with Crippen LogP contribution in [0.3, 0.4) is 0 Å². The second-order valence-electron chi connectivity index (χ2n) is 11.0. The number of amides is 2. The molecule has 2 unspecified atom stereocenters. The Morgan fingerprint density at radius 2 is 1.91 bits per heavy atom. The molecular formula is C28H37ClN5O8PS2. The van der Waals surface area contributed by atoms with E-state index in [2.05, 4.69) is 15.4 Å². The van der Waals surface area contributed by atoms with E-state index >= 15 is 0 Å². The van der Waals surface area contributed by atoms with Crippen LogP contribution in [-0.2, 0) is 35.5 Å². The fraction of sp³-hybridized carbons (Fsp3) is 0.464. The zero-order valence-corrected chi connectivity index (χ0v) is 27.9. The van der Waals surface area contributed by atoms with Crippen LogP contribution >= 0.6 is 30.9 Å². The summed E-state index contributed by atoms with van der Waals surface area (Å²) in [5.41, 5.74) is 1.40. The number of halogens is 1. The number of unbranched alkanes of at least 4 members (excludes halogenated alkanes) is 1. The van der Waals surface area contributed by atoms with Crippen molar-refractivity contribution in [2.45, 2.75) is 60.6 Å². The molecule has 2 aliphatic rings. The van der Waals surface area contributed by atoms with E-state index in [0.29, 0.717) is 36.3 Å². The first kappa shape index (κ1) is 35.2. The van der Waals surface area contributed by atoms with Crippen LogP contribution in [0.5, 0.6) is 0 Å². The summed E-state index contributed by atoms with van der Waals surface area (Å²) in [6.07, 6.45) is 0.557. The number of carboxylic acids is 1. The standard InChI is InChI=1S/C28H37ClN5O8PS2/c1-33-25(16-26(35)30-11-5-6-13-43(39,40)18-27(36)34-12-7-10-22(34)28(37)38)32-21-14-20(29)24(15-23(21)44-33)45(41,42)31-17-19-8-3-2-4-9-19/h2-4,8-9,14-15,22,25,31-32H,5-7,10-13,16-18H2,1H3,(H,30,35)(H,37,38)(H,39,40)/t22-,25?/m0/s1. The Labute approximate surface area is 271 Å². The molecule has 246 valence electrons. The molecule has 3 atom stereocenters. The highest BCUT2D eigenvalue weighted by Gasteiger charge is 2.36. The summed E-state index contributed by atoms with van der Waals surface area (Å²) in [7, 11) is -5.91. The van der Waals surface area contributed by atoms with Gasteiger partial charge in [-0.25, -0.2) is 22.2 Å². The molecule has 1 fully saturated rings. The van der Waals surface area contributed by atoms with Gasteiger partial charge in [-0.2, -0.15) is 0 Å². The topological polar surface area (TPSA) is 185 Å². The minimum Gasteiger partial charge on any atom is -0.480 e. The number of nitrogens with one attached hydrogen (secondary N) is 3. The average molecular weight is 702 g/mol. The Kier molecular flexibility index (Phi) is 12.0. The molecule has 0 radical (unpaired) electrons. The highest BCUT2D eigenvalue weighted by atomic mass is 35.5. The van der Waals surface area contributed by atoms with Crippen LogP contribution in [0.25, 0.3) is 0 Å². The third-order valence-corrected chi connectivity index (χ3v) is 12.2. The molecule has 2 amide bonds. The van der Waals surface area contributed by atoms with Crippen molar-refractivity contribution in [3.8, 4) is 0 Å². The van der Waals surface area contributed by atoms with Gasteiger partial charge in [0.05, 0.1) is 23.3 Å². The van der Waals surface area contributed by atoms with E-state index in [1.165, 1.54) is 24.1 Å². The zero-order chi connectivity index (χ0) is 32.8. The molecule has 1 saturated heterocycles. The number of hydrogen-bond acceptors (Lipinski definition) is 9. The van der Waals surface area contributed by atoms with Gasteiger partial charge in [0.1, 0.15) is 17.1 Å². The summed E-state index contributed by atoms with van der Waals surface area (Å²) in [6.45, 7) is 0.647. The number of carboxylic acid groups (broad SMARTS) is 1. The van der Waals surface area contributed by atoms with Crippen LogP contribution in [0.15, 0.2) is 52.3 Å². The van der Waals surface area contributed by atoms with Crippen molar-refractivity contribution in [3.05, 3.63) is 53.1 Å². The Hall–Kier alpha value is -2.65. The number of nitrogens with zero attached hydrogens (tertiary/aromatic N) is 2. The van der Waals surface area contributed by atoms with Crippen molar-refractivity contribution in [2.24, 2.45) is 0 Å². The molecule has 2 aromatic rings. The smallest absolute Gasteiger partial charge is 0.326 e. The molecule has 13 nitrogen and oxygen atoms in total.